The van der Waals surface area contributed by atoms with E-state index in [1.165, 1.54) is 0 Å². The fourth-order valence-electron chi connectivity index (χ4n) is 1.21. The highest BCUT2D eigenvalue weighted by Gasteiger charge is 2.22. The van der Waals surface area contributed by atoms with Gasteiger partial charge in [0.2, 0.25) is 0 Å². The fraction of sp³-hybridized carbons (Fsp3) is 0.455. The van der Waals surface area contributed by atoms with Crippen molar-refractivity contribution >= 4 is 7.60 Å². The van der Waals surface area contributed by atoms with Crippen molar-refractivity contribution in [1.82, 2.24) is 0 Å². The maximum Gasteiger partial charge on any atom is 0.332 e. The van der Waals surface area contributed by atoms with Gasteiger partial charge in [-0.05, 0) is 18.9 Å². The molecule has 1 aromatic carbocycles. The molecule has 0 saturated heterocycles. The Hall–Kier alpha value is -0.630. The van der Waals surface area contributed by atoms with Gasteiger partial charge >= 0.3 is 7.60 Å². The normalized spacial score (nSPS) is 17.0. The first-order valence-corrected chi connectivity index (χ1v) is 6.84. The van der Waals surface area contributed by atoms with E-state index < -0.39 is 7.60 Å². The van der Waals surface area contributed by atoms with E-state index >= 15 is 0 Å². The molecule has 4 heteroatoms. The predicted octanol–water partition coefficient (Wildman–Crippen LogP) is 3.19. The Morgan fingerprint density at radius 3 is 2.53 bits per heavy atom. The van der Waals surface area contributed by atoms with Crippen LogP contribution in [0.5, 0.6) is 0 Å². The van der Waals surface area contributed by atoms with Crippen LogP contribution in [0.4, 0.5) is 0 Å². The standard InChI is InChI=1S/C11H17O3P/c1-3-10(2)14-15(12,13)9-11-7-5-4-6-8-11/h4-8,10H,3,9H2,1-2H3,(H,12,13). The SMILES string of the molecule is CCC(C)OP(=O)(O)Cc1ccccc1. The Morgan fingerprint density at radius 2 is 2.00 bits per heavy atom. The van der Waals surface area contributed by atoms with E-state index in [4.69, 9.17) is 4.52 Å². The molecule has 1 rings (SSSR count). The lowest BCUT2D eigenvalue weighted by Gasteiger charge is -2.16. The first-order valence-electron chi connectivity index (χ1n) is 5.07. The summed E-state index contributed by atoms with van der Waals surface area (Å²) in [6.45, 7) is 3.72. The van der Waals surface area contributed by atoms with E-state index in [0.717, 1.165) is 12.0 Å². The summed E-state index contributed by atoms with van der Waals surface area (Å²) in [6.07, 6.45) is 0.641. The minimum absolute atomic E-state index is 0.0815. The first-order chi connectivity index (χ1) is 7.03. The first kappa shape index (κ1) is 12.4. The van der Waals surface area contributed by atoms with E-state index in [0.29, 0.717) is 0 Å². The van der Waals surface area contributed by atoms with Gasteiger partial charge in [0.25, 0.3) is 0 Å². The monoisotopic (exact) mass is 228 g/mol. The van der Waals surface area contributed by atoms with Gasteiger partial charge in [0.05, 0.1) is 12.3 Å². The molecule has 15 heavy (non-hydrogen) atoms. The molecule has 0 heterocycles. The van der Waals surface area contributed by atoms with Crippen LogP contribution in [-0.4, -0.2) is 11.0 Å². The van der Waals surface area contributed by atoms with Crippen molar-refractivity contribution in [3.63, 3.8) is 0 Å². The van der Waals surface area contributed by atoms with Gasteiger partial charge in [-0.3, -0.25) is 4.57 Å². The molecule has 1 aromatic rings. The van der Waals surface area contributed by atoms with Crippen LogP contribution >= 0.6 is 7.60 Å². The van der Waals surface area contributed by atoms with Crippen LogP contribution in [-0.2, 0) is 15.3 Å². The highest BCUT2D eigenvalue weighted by atomic mass is 31.2. The van der Waals surface area contributed by atoms with Gasteiger partial charge < -0.3 is 9.42 Å². The summed E-state index contributed by atoms with van der Waals surface area (Å²) >= 11 is 0. The van der Waals surface area contributed by atoms with Crippen molar-refractivity contribution in [3.8, 4) is 0 Å². The van der Waals surface area contributed by atoms with Gasteiger partial charge in [-0.15, -0.1) is 0 Å². The van der Waals surface area contributed by atoms with Crippen LogP contribution in [0.3, 0.4) is 0 Å². The Morgan fingerprint density at radius 1 is 1.40 bits per heavy atom. The molecule has 0 saturated carbocycles. The van der Waals surface area contributed by atoms with E-state index in [1.54, 1.807) is 6.92 Å². The lowest BCUT2D eigenvalue weighted by Crippen LogP contribution is -2.05. The van der Waals surface area contributed by atoms with Crippen molar-refractivity contribution < 1.29 is 14.0 Å². The van der Waals surface area contributed by atoms with Crippen molar-refractivity contribution in [2.45, 2.75) is 32.5 Å². The molecule has 0 aromatic heterocycles. The molecule has 0 spiro atoms. The molecule has 0 aliphatic carbocycles. The molecular weight excluding hydrogens is 211 g/mol. The topological polar surface area (TPSA) is 46.5 Å². The molecule has 0 aliphatic heterocycles. The Balaban J connectivity index is 2.61. The number of benzene rings is 1. The van der Waals surface area contributed by atoms with Gasteiger partial charge in [-0.25, -0.2) is 0 Å². The molecule has 0 radical (unpaired) electrons. The number of hydrogen-bond acceptors (Lipinski definition) is 2. The summed E-state index contributed by atoms with van der Waals surface area (Å²) in [4.78, 5) is 9.60. The number of hydrogen-bond donors (Lipinski definition) is 1. The quantitative estimate of drug-likeness (QED) is 0.787. The lowest BCUT2D eigenvalue weighted by molar-refractivity contribution is 0.185. The highest BCUT2D eigenvalue weighted by Crippen LogP contribution is 2.47. The third-order valence-corrected chi connectivity index (χ3v) is 3.60. The summed E-state index contributed by atoms with van der Waals surface area (Å²) in [6, 6.07) is 9.21. The average Bonchev–Trinajstić information content (AvgIpc) is 2.17. The molecule has 0 aliphatic rings. The zero-order valence-corrected chi connectivity index (χ0v) is 9.98. The second kappa shape index (κ2) is 5.45. The van der Waals surface area contributed by atoms with Gasteiger partial charge in [0.15, 0.2) is 0 Å². The summed E-state index contributed by atoms with van der Waals surface area (Å²) in [5, 5.41) is 0. The third-order valence-electron chi connectivity index (χ3n) is 2.14. The maximum absolute atomic E-state index is 11.7. The third kappa shape index (κ3) is 4.61. The van der Waals surface area contributed by atoms with Gasteiger partial charge in [-0.1, -0.05) is 37.3 Å². The molecule has 0 amide bonds. The zero-order valence-electron chi connectivity index (χ0n) is 9.09. The molecule has 84 valence electrons. The smallest absolute Gasteiger partial charge is 0.324 e. The van der Waals surface area contributed by atoms with E-state index in [9.17, 15) is 9.46 Å². The minimum Gasteiger partial charge on any atom is -0.324 e. The maximum atomic E-state index is 11.7. The molecule has 3 nitrogen and oxygen atoms in total. The molecule has 0 bridgehead atoms. The van der Waals surface area contributed by atoms with Crippen molar-refractivity contribution in [2.24, 2.45) is 0 Å². The van der Waals surface area contributed by atoms with E-state index in [-0.39, 0.29) is 12.3 Å². The van der Waals surface area contributed by atoms with Crippen LogP contribution in [0.2, 0.25) is 0 Å². The summed E-state index contributed by atoms with van der Waals surface area (Å²) in [5.41, 5.74) is 0.826. The predicted molar refractivity (Wildman–Crippen MR) is 60.8 cm³/mol. The zero-order chi connectivity index (χ0) is 11.3. The second-order valence-corrected chi connectivity index (χ2v) is 5.41. The molecule has 1 N–H and O–H groups in total. The Kier molecular flexibility index (Phi) is 4.52. The van der Waals surface area contributed by atoms with E-state index in [2.05, 4.69) is 0 Å². The summed E-state index contributed by atoms with van der Waals surface area (Å²) in [7, 11) is -3.49. The Labute approximate surface area is 90.6 Å². The van der Waals surface area contributed by atoms with Gasteiger partial charge in [0, 0.05) is 0 Å². The van der Waals surface area contributed by atoms with Crippen molar-refractivity contribution in [2.75, 3.05) is 0 Å². The average molecular weight is 228 g/mol. The second-order valence-electron chi connectivity index (χ2n) is 3.61. The fourth-order valence-corrected chi connectivity index (χ4v) is 2.67. The van der Waals surface area contributed by atoms with Gasteiger partial charge in [0.1, 0.15) is 0 Å². The molecule has 2 unspecified atom stereocenters. The molecular formula is C11H17O3P. The Bertz CT molecular complexity index is 337. The molecule has 2 atom stereocenters. The highest BCUT2D eigenvalue weighted by molar-refractivity contribution is 7.51. The van der Waals surface area contributed by atoms with Crippen molar-refractivity contribution in [3.05, 3.63) is 35.9 Å². The van der Waals surface area contributed by atoms with E-state index in [1.807, 2.05) is 37.3 Å². The van der Waals surface area contributed by atoms with Crippen molar-refractivity contribution in [1.29, 1.82) is 0 Å². The van der Waals surface area contributed by atoms with Crippen LogP contribution in [0.1, 0.15) is 25.8 Å². The van der Waals surface area contributed by atoms with Crippen LogP contribution in [0, 0.1) is 0 Å². The molecule has 0 fully saturated rings. The van der Waals surface area contributed by atoms with Gasteiger partial charge in [-0.2, -0.15) is 0 Å². The van der Waals surface area contributed by atoms with Crippen LogP contribution in [0.25, 0.3) is 0 Å². The largest absolute Gasteiger partial charge is 0.332 e. The minimum atomic E-state index is -3.49. The number of rotatable bonds is 5. The summed E-state index contributed by atoms with van der Waals surface area (Å²) in [5.74, 6) is 0. The van der Waals surface area contributed by atoms with Crippen LogP contribution in [0.15, 0.2) is 30.3 Å². The van der Waals surface area contributed by atoms with Crippen LogP contribution < -0.4 is 0 Å². The lowest BCUT2D eigenvalue weighted by atomic mass is 10.2. The summed E-state index contributed by atoms with van der Waals surface area (Å²) < 4.78 is 16.8.